The second kappa shape index (κ2) is 9.90. The molecule has 0 bridgehead atoms. The second-order valence-electron chi connectivity index (χ2n) is 8.80. The van der Waals surface area contributed by atoms with E-state index in [0.717, 1.165) is 54.6 Å². The van der Waals surface area contributed by atoms with Gasteiger partial charge in [0.25, 0.3) is 5.91 Å². The molecule has 2 aromatic rings. The molecule has 2 aliphatic rings. The molecule has 1 spiro atoms. The van der Waals surface area contributed by atoms with E-state index in [4.69, 9.17) is 0 Å². The van der Waals surface area contributed by atoms with Gasteiger partial charge in [0.2, 0.25) is 11.1 Å². The number of carbonyl (C=O) groups is 3. The van der Waals surface area contributed by atoms with Crippen LogP contribution in [0.1, 0.15) is 57.9 Å². The van der Waals surface area contributed by atoms with Crippen LogP contribution in [0.3, 0.4) is 0 Å². The summed E-state index contributed by atoms with van der Waals surface area (Å²) in [6.07, 6.45) is 6.22. The van der Waals surface area contributed by atoms with Crippen molar-refractivity contribution in [3.63, 3.8) is 0 Å². The van der Waals surface area contributed by atoms with E-state index in [1.807, 2.05) is 24.3 Å². The first-order valence-corrected chi connectivity index (χ1v) is 12.4. The molecule has 0 radical (unpaired) electrons. The number of benzene rings is 1. The smallest absolute Gasteiger partial charge is 0.322 e. The van der Waals surface area contributed by atoms with Crippen LogP contribution in [0.4, 0.5) is 4.79 Å². The molecule has 0 unspecified atom stereocenters. The van der Waals surface area contributed by atoms with Crippen molar-refractivity contribution in [1.29, 1.82) is 0 Å². The number of nitrogens with one attached hydrogen (secondary N) is 2. The summed E-state index contributed by atoms with van der Waals surface area (Å²) < 4.78 is 1.56. The highest BCUT2D eigenvalue weighted by Crippen LogP contribution is 2.35. The van der Waals surface area contributed by atoms with E-state index in [9.17, 15) is 14.4 Å². The van der Waals surface area contributed by atoms with Crippen molar-refractivity contribution in [3.05, 3.63) is 29.8 Å². The number of aryl methyl sites for hydroxylation is 1. The number of aromatic nitrogens is 4. The van der Waals surface area contributed by atoms with Crippen LogP contribution in [0, 0.1) is 5.92 Å². The van der Waals surface area contributed by atoms with Gasteiger partial charge in [0.05, 0.1) is 11.4 Å². The predicted octanol–water partition coefficient (Wildman–Crippen LogP) is 2.63. The van der Waals surface area contributed by atoms with Gasteiger partial charge in [0, 0.05) is 0 Å². The zero-order valence-electron chi connectivity index (χ0n) is 18.9. The molecular formula is C22H29N7O3S. The Morgan fingerprint density at radius 1 is 1.24 bits per heavy atom. The van der Waals surface area contributed by atoms with E-state index >= 15 is 0 Å². The minimum Gasteiger partial charge on any atom is -0.322 e. The topological polar surface area (TPSA) is 122 Å². The molecule has 10 nitrogen and oxygen atoms in total. The van der Waals surface area contributed by atoms with Crippen molar-refractivity contribution >= 4 is 29.6 Å². The Morgan fingerprint density at radius 2 is 1.97 bits per heavy atom. The molecule has 2 heterocycles. The van der Waals surface area contributed by atoms with Gasteiger partial charge < -0.3 is 5.32 Å². The molecule has 33 heavy (non-hydrogen) atoms. The van der Waals surface area contributed by atoms with Gasteiger partial charge in [-0.25, -0.2) is 4.79 Å². The third kappa shape index (κ3) is 5.02. The molecule has 4 rings (SSSR count). The lowest BCUT2D eigenvalue weighted by molar-refractivity contribution is -0.139. The lowest BCUT2D eigenvalue weighted by Gasteiger charge is -2.33. The van der Waals surface area contributed by atoms with Crippen LogP contribution in [-0.4, -0.2) is 54.4 Å². The van der Waals surface area contributed by atoms with E-state index < -0.39 is 17.5 Å². The van der Waals surface area contributed by atoms with Crippen LogP contribution in [0.25, 0.3) is 5.69 Å². The molecule has 4 amide bonds. The maximum atomic E-state index is 12.9. The molecular weight excluding hydrogens is 442 g/mol. The molecule has 1 aromatic carbocycles. The Morgan fingerprint density at radius 3 is 2.67 bits per heavy atom. The fraction of sp³-hybridized carbons (Fsp3) is 0.545. The summed E-state index contributed by atoms with van der Waals surface area (Å²) in [5, 5.41) is 15.8. The van der Waals surface area contributed by atoms with E-state index in [-0.39, 0.29) is 11.7 Å². The normalized spacial score (nSPS) is 22.6. The number of nitrogens with zero attached hydrogens (tertiary/aromatic N) is 5. The predicted molar refractivity (Wildman–Crippen MR) is 122 cm³/mol. The van der Waals surface area contributed by atoms with Crippen LogP contribution >= 0.6 is 11.8 Å². The number of unbranched alkanes of at least 4 members (excludes halogenated alkanes) is 1. The van der Waals surface area contributed by atoms with E-state index in [2.05, 4.69) is 40.1 Å². The SMILES string of the molecule is CCCCc1ccc(-n2nnnc2SCC(=O)NN2C(=O)NC3(CCC(C)CC3)C2=O)cc1. The highest BCUT2D eigenvalue weighted by Gasteiger charge is 2.52. The molecule has 1 saturated heterocycles. The van der Waals surface area contributed by atoms with Crippen molar-refractivity contribution in [2.75, 3.05) is 5.75 Å². The Hall–Kier alpha value is -2.95. The highest BCUT2D eigenvalue weighted by molar-refractivity contribution is 7.99. The third-order valence-corrected chi connectivity index (χ3v) is 7.22. The summed E-state index contributed by atoms with van der Waals surface area (Å²) in [4.78, 5) is 37.8. The van der Waals surface area contributed by atoms with Crippen LogP contribution in [0.2, 0.25) is 0 Å². The summed E-state index contributed by atoms with van der Waals surface area (Å²) in [6, 6.07) is 7.41. The number of imide groups is 1. The van der Waals surface area contributed by atoms with Crippen molar-refractivity contribution < 1.29 is 14.4 Å². The van der Waals surface area contributed by atoms with Gasteiger partial charge >= 0.3 is 6.03 Å². The molecule has 2 fully saturated rings. The largest absolute Gasteiger partial charge is 0.344 e. The Bertz CT molecular complexity index is 1020. The van der Waals surface area contributed by atoms with E-state index in [1.54, 1.807) is 4.68 Å². The number of thioether (sulfide) groups is 1. The first kappa shape index (κ1) is 23.2. The zero-order chi connectivity index (χ0) is 23.4. The molecule has 1 aromatic heterocycles. The summed E-state index contributed by atoms with van der Waals surface area (Å²) in [5.41, 5.74) is 3.60. The number of carbonyl (C=O) groups excluding carboxylic acids is 3. The number of hydrogen-bond donors (Lipinski definition) is 2. The fourth-order valence-electron chi connectivity index (χ4n) is 4.22. The monoisotopic (exact) mass is 471 g/mol. The minimum atomic E-state index is -0.891. The average Bonchev–Trinajstić information content (AvgIpc) is 3.37. The lowest BCUT2D eigenvalue weighted by atomic mass is 9.77. The molecule has 176 valence electrons. The number of tetrazole rings is 1. The first-order valence-electron chi connectivity index (χ1n) is 11.4. The maximum absolute atomic E-state index is 12.9. The molecule has 11 heteroatoms. The zero-order valence-corrected chi connectivity index (χ0v) is 19.7. The van der Waals surface area contributed by atoms with Crippen LogP contribution in [-0.2, 0) is 16.0 Å². The van der Waals surface area contributed by atoms with Gasteiger partial charge in [-0.05, 0) is 72.6 Å². The van der Waals surface area contributed by atoms with Crippen molar-refractivity contribution in [2.45, 2.75) is 69.5 Å². The summed E-state index contributed by atoms with van der Waals surface area (Å²) in [7, 11) is 0. The van der Waals surface area contributed by atoms with Gasteiger partial charge in [0.15, 0.2) is 0 Å². The number of urea groups is 1. The van der Waals surface area contributed by atoms with Gasteiger partial charge in [-0.1, -0.05) is 44.2 Å². The quantitative estimate of drug-likeness (QED) is 0.448. The maximum Gasteiger partial charge on any atom is 0.344 e. The van der Waals surface area contributed by atoms with E-state index in [0.29, 0.717) is 23.9 Å². The Labute approximate surface area is 196 Å². The Kier molecular flexibility index (Phi) is 6.96. The first-order chi connectivity index (χ1) is 15.9. The number of hydrogen-bond acceptors (Lipinski definition) is 7. The Balaban J connectivity index is 1.34. The molecule has 1 aliphatic heterocycles. The average molecular weight is 472 g/mol. The second-order valence-corrected chi connectivity index (χ2v) is 9.74. The van der Waals surface area contributed by atoms with Crippen LogP contribution in [0.5, 0.6) is 0 Å². The van der Waals surface area contributed by atoms with Gasteiger partial charge in [0.1, 0.15) is 5.54 Å². The van der Waals surface area contributed by atoms with Crippen molar-refractivity contribution in [1.82, 2.24) is 36.0 Å². The number of amides is 4. The van der Waals surface area contributed by atoms with Gasteiger partial charge in [-0.15, -0.1) is 5.10 Å². The molecule has 1 aliphatic carbocycles. The summed E-state index contributed by atoms with van der Waals surface area (Å²) >= 11 is 1.13. The van der Waals surface area contributed by atoms with Gasteiger partial charge in [-0.3, -0.25) is 15.0 Å². The number of rotatable bonds is 8. The van der Waals surface area contributed by atoms with Crippen LogP contribution < -0.4 is 10.7 Å². The molecule has 1 saturated carbocycles. The van der Waals surface area contributed by atoms with Crippen molar-refractivity contribution in [3.8, 4) is 5.69 Å². The van der Waals surface area contributed by atoms with E-state index in [1.165, 1.54) is 5.56 Å². The number of hydrazine groups is 1. The standard InChI is InChI=1S/C22H29N7O3S/c1-3-4-5-16-6-8-17(9-7-16)28-21(24-26-27-28)33-14-18(30)25-29-19(31)22(23-20(29)32)12-10-15(2)11-13-22/h6-9,15H,3-5,10-14H2,1-2H3,(H,23,32)(H,25,30). The van der Waals surface area contributed by atoms with Crippen LogP contribution in [0.15, 0.2) is 29.4 Å². The molecule has 2 N–H and O–H groups in total. The lowest BCUT2D eigenvalue weighted by Crippen LogP contribution is -2.51. The van der Waals surface area contributed by atoms with Gasteiger partial charge in [-0.2, -0.15) is 9.69 Å². The van der Waals surface area contributed by atoms with Crippen molar-refractivity contribution in [2.24, 2.45) is 5.92 Å². The minimum absolute atomic E-state index is 0.0456. The third-order valence-electron chi connectivity index (χ3n) is 6.30. The fourth-order valence-corrected chi connectivity index (χ4v) is 4.90. The highest BCUT2D eigenvalue weighted by atomic mass is 32.2. The summed E-state index contributed by atoms with van der Waals surface area (Å²) in [6.45, 7) is 4.30. The summed E-state index contributed by atoms with van der Waals surface area (Å²) in [5.74, 6) is -0.380. The molecule has 0 atom stereocenters.